The third-order valence-corrected chi connectivity index (χ3v) is 3.71. The number of hydrogen-bond donors (Lipinski definition) is 2. The number of rotatable bonds is 6. The van der Waals surface area contributed by atoms with Gasteiger partial charge in [-0.25, -0.2) is 10.5 Å². The quantitative estimate of drug-likeness (QED) is 0.514. The average Bonchev–Trinajstić information content (AvgIpc) is 2.66. The molecule has 0 radical (unpaired) electrons. The molecule has 3 aromatic rings. The fourth-order valence-electron chi connectivity index (χ4n) is 2.30. The molecule has 2 aromatic heterocycles. The summed E-state index contributed by atoms with van der Waals surface area (Å²) in [6.45, 7) is 1.40. The van der Waals surface area contributed by atoms with Crippen LogP contribution < -0.4 is 10.2 Å². The van der Waals surface area contributed by atoms with Crippen LogP contribution in [0.15, 0.2) is 42.7 Å². The van der Waals surface area contributed by atoms with E-state index in [2.05, 4.69) is 15.0 Å². The van der Waals surface area contributed by atoms with Gasteiger partial charge in [-0.15, -0.1) is 0 Å². The van der Waals surface area contributed by atoms with E-state index in [9.17, 15) is 4.79 Å². The van der Waals surface area contributed by atoms with Gasteiger partial charge in [0.1, 0.15) is 18.1 Å². The summed E-state index contributed by atoms with van der Waals surface area (Å²) < 4.78 is 5.62. The van der Waals surface area contributed by atoms with Crippen LogP contribution in [0.5, 0.6) is 5.75 Å². The molecule has 26 heavy (non-hydrogen) atoms. The van der Waals surface area contributed by atoms with Crippen molar-refractivity contribution < 1.29 is 14.7 Å². The van der Waals surface area contributed by atoms with Crippen LogP contribution in [0.4, 0.5) is 0 Å². The first-order chi connectivity index (χ1) is 12.6. The van der Waals surface area contributed by atoms with Crippen LogP contribution in [0.2, 0.25) is 0 Å². The normalized spacial score (nSPS) is 10.9. The van der Waals surface area contributed by atoms with Crippen LogP contribution in [-0.2, 0) is 0 Å². The summed E-state index contributed by atoms with van der Waals surface area (Å²) in [4.78, 5) is 26.8. The first-order valence-electron chi connectivity index (χ1n) is 8.02. The number of fused-ring (bicyclic) bond motifs is 1. The average molecular weight is 353 g/mol. The van der Waals surface area contributed by atoms with Crippen LogP contribution in [0.3, 0.4) is 0 Å². The lowest BCUT2D eigenvalue weighted by molar-refractivity contribution is 0.0706. The highest BCUT2D eigenvalue weighted by Gasteiger charge is 2.09. The van der Waals surface area contributed by atoms with Crippen molar-refractivity contribution in [2.45, 2.75) is 0 Å². The Kier molecular flexibility index (Phi) is 5.35. The number of carbonyl (C=O) groups is 1. The van der Waals surface area contributed by atoms with Gasteiger partial charge in [0.15, 0.2) is 0 Å². The van der Waals surface area contributed by atoms with E-state index < -0.39 is 5.91 Å². The zero-order valence-electron chi connectivity index (χ0n) is 14.5. The highest BCUT2D eigenvalue weighted by molar-refractivity contribution is 5.96. The summed E-state index contributed by atoms with van der Waals surface area (Å²) in [5.74, 6) is 0.0858. The number of nitrogens with zero attached hydrogens (tertiary/aromatic N) is 4. The molecular formula is C18H19N5O3. The largest absolute Gasteiger partial charge is 0.491 e. The van der Waals surface area contributed by atoms with Crippen molar-refractivity contribution in [2.75, 3.05) is 27.2 Å². The van der Waals surface area contributed by atoms with Gasteiger partial charge in [0.2, 0.25) is 0 Å². The van der Waals surface area contributed by atoms with Gasteiger partial charge < -0.3 is 9.64 Å². The SMILES string of the molecule is CN(C)CCOc1ccc(-c2cnc3ccc(C(=O)NO)cc3n2)nc1. The van der Waals surface area contributed by atoms with Gasteiger partial charge in [0.25, 0.3) is 5.91 Å². The van der Waals surface area contributed by atoms with Gasteiger partial charge >= 0.3 is 0 Å². The van der Waals surface area contributed by atoms with E-state index in [1.165, 1.54) is 0 Å². The van der Waals surface area contributed by atoms with Crippen molar-refractivity contribution in [3.8, 4) is 17.1 Å². The summed E-state index contributed by atoms with van der Waals surface area (Å²) in [7, 11) is 3.97. The highest BCUT2D eigenvalue weighted by atomic mass is 16.5. The molecule has 1 aromatic carbocycles. The molecule has 0 fully saturated rings. The van der Waals surface area contributed by atoms with Gasteiger partial charge in [-0.3, -0.25) is 20.0 Å². The lowest BCUT2D eigenvalue weighted by atomic mass is 10.1. The number of hydrogen-bond acceptors (Lipinski definition) is 7. The summed E-state index contributed by atoms with van der Waals surface area (Å²) in [5.41, 5.74) is 4.32. The molecule has 0 aliphatic rings. The van der Waals surface area contributed by atoms with E-state index in [1.54, 1.807) is 36.1 Å². The second-order valence-corrected chi connectivity index (χ2v) is 5.93. The topological polar surface area (TPSA) is 100 Å². The molecule has 0 aliphatic carbocycles. The number of hydroxylamine groups is 1. The first-order valence-corrected chi connectivity index (χ1v) is 8.02. The predicted octanol–water partition coefficient (Wildman–Crippen LogP) is 1.75. The zero-order chi connectivity index (χ0) is 18.5. The molecule has 0 saturated heterocycles. The van der Waals surface area contributed by atoms with Crippen molar-refractivity contribution in [2.24, 2.45) is 0 Å². The zero-order valence-corrected chi connectivity index (χ0v) is 14.5. The molecule has 134 valence electrons. The second kappa shape index (κ2) is 7.85. The number of benzene rings is 1. The van der Waals surface area contributed by atoms with Crippen LogP contribution in [0, 0.1) is 0 Å². The molecule has 0 unspecified atom stereocenters. The maximum atomic E-state index is 11.5. The molecule has 8 heteroatoms. The lowest BCUT2D eigenvalue weighted by Crippen LogP contribution is -2.19. The standard InChI is InChI=1S/C18H19N5O3/c1-23(2)7-8-26-13-4-6-15(19-10-13)17-11-20-14-5-3-12(18(24)22-25)9-16(14)21-17/h3-6,9-11,25H,7-8H2,1-2H3,(H,22,24). The van der Waals surface area contributed by atoms with Crippen LogP contribution in [0.1, 0.15) is 10.4 Å². The van der Waals surface area contributed by atoms with E-state index in [0.717, 1.165) is 6.54 Å². The van der Waals surface area contributed by atoms with Gasteiger partial charge in [-0.05, 0) is 44.4 Å². The maximum Gasteiger partial charge on any atom is 0.274 e. The molecule has 1 amide bonds. The van der Waals surface area contributed by atoms with E-state index in [1.807, 2.05) is 31.1 Å². The molecule has 8 nitrogen and oxygen atoms in total. The molecule has 3 rings (SSSR count). The Morgan fingerprint density at radius 1 is 1.12 bits per heavy atom. The monoisotopic (exact) mass is 353 g/mol. The number of aromatic nitrogens is 3. The minimum absolute atomic E-state index is 0.295. The third-order valence-electron chi connectivity index (χ3n) is 3.71. The smallest absolute Gasteiger partial charge is 0.274 e. The molecule has 0 aliphatic heterocycles. The molecule has 0 bridgehead atoms. The highest BCUT2D eigenvalue weighted by Crippen LogP contribution is 2.20. The summed E-state index contributed by atoms with van der Waals surface area (Å²) >= 11 is 0. The molecule has 0 saturated carbocycles. The van der Waals surface area contributed by atoms with E-state index >= 15 is 0 Å². The molecule has 0 atom stereocenters. The molecule has 2 N–H and O–H groups in total. The second-order valence-electron chi connectivity index (χ2n) is 5.93. The van der Waals surface area contributed by atoms with Gasteiger partial charge in [-0.1, -0.05) is 0 Å². The number of amides is 1. The number of nitrogens with one attached hydrogen (secondary N) is 1. The Bertz CT molecular complexity index is 912. The number of ether oxygens (including phenoxy) is 1. The first kappa shape index (κ1) is 17.7. The minimum atomic E-state index is -0.601. The fraction of sp³-hybridized carbons (Fsp3) is 0.222. The Balaban J connectivity index is 1.82. The summed E-state index contributed by atoms with van der Waals surface area (Å²) in [6.07, 6.45) is 3.27. The van der Waals surface area contributed by atoms with Gasteiger partial charge in [0, 0.05) is 12.1 Å². The Labute approximate surface area is 150 Å². The van der Waals surface area contributed by atoms with Crippen molar-refractivity contribution in [1.29, 1.82) is 0 Å². The van der Waals surface area contributed by atoms with E-state index in [4.69, 9.17) is 9.94 Å². The Hall–Kier alpha value is -3.10. The van der Waals surface area contributed by atoms with Crippen molar-refractivity contribution >= 4 is 16.9 Å². The molecule has 0 spiro atoms. The number of pyridine rings is 1. The number of carbonyl (C=O) groups excluding carboxylic acids is 1. The molecular weight excluding hydrogens is 334 g/mol. The fourth-order valence-corrected chi connectivity index (χ4v) is 2.30. The Morgan fingerprint density at radius 2 is 1.96 bits per heavy atom. The maximum absolute atomic E-state index is 11.5. The van der Waals surface area contributed by atoms with Crippen LogP contribution in [-0.4, -0.2) is 58.2 Å². The summed E-state index contributed by atoms with van der Waals surface area (Å²) in [5, 5.41) is 8.75. The van der Waals surface area contributed by atoms with E-state index in [-0.39, 0.29) is 0 Å². The van der Waals surface area contributed by atoms with E-state index in [0.29, 0.717) is 40.3 Å². The summed E-state index contributed by atoms with van der Waals surface area (Å²) in [6, 6.07) is 8.45. The van der Waals surface area contributed by atoms with Crippen molar-refractivity contribution in [3.05, 3.63) is 48.3 Å². The predicted molar refractivity (Wildman–Crippen MR) is 96.1 cm³/mol. The van der Waals surface area contributed by atoms with Crippen molar-refractivity contribution in [3.63, 3.8) is 0 Å². The van der Waals surface area contributed by atoms with Gasteiger partial charge in [0.05, 0.1) is 29.1 Å². The van der Waals surface area contributed by atoms with Crippen LogP contribution in [0.25, 0.3) is 22.4 Å². The van der Waals surface area contributed by atoms with Crippen LogP contribution >= 0.6 is 0 Å². The minimum Gasteiger partial charge on any atom is -0.491 e. The molecule has 2 heterocycles. The third kappa shape index (κ3) is 4.11. The number of likely N-dealkylation sites (N-methyl/N-ethyl adjacent to an activating group) is 1. The Morgan fingerprint density at radius 3 is 2.65 bits per heavy atom. The van der Waals surface area contributed by atoms with Gasteiger partial charge in [-0.2, -0.15) is 0 Å². The lowest BCUT2D eigenvalue weighted by Gasteiger charge is -2.11. The van der Waals surface area contributed by atoms with Crippen molar-refractivity contribution in [1.82, 2.24) is 25.3 Å².